The second kappa shape index (κ2) is 15.1. The summed E-state index contributed by atoms with van der Waals surface area (Å²) in [5.41, 5.74) is 10.3. The molecule has 1 amide bonds. The number of nitrogens with two attached hydrogens (primary N) is 2. The van der Waals surface area contributed by atoms with Gasteiger partial charge in [0, 0.05) is 13.1 Å². The topological polar surface area (TPSA) is 93.5 Å². The molecule has 102 valence electrons. The number of aliphatic imine (C=N–C) groups is 1. The summed E-state index contributed by atoms with van der Waals surface area (Å²) in [6.07, 6.45) is 1.79. The van der Waals surface area contributed by atoms with Crippen molar-refractivity contribution >= 4 is 23.6 Å². The van der Waals surface area contributed by atoms with Crippen molar-refractivity contribution in [2.45, 2.75) is 33.6 Å². The van der Waals surface area contributed by atoms with Gasteiger partial charge >= 0.3 is 0 Å². The average molecular weight is 262 g/mol. The predicted molar refractivity (Wildman–Crippen MR) is 77.3 cm³/mol. The zero-order valence-electron chi connectivity index (χ0n) is 11.2. The number of thioether (sulfide) groups is 1. The third-order valence-electron chi connectivity index (χ3n) is 1.64. The Kier molecular flexibility index (Phi) is 16.4. The second-order valence-corrected chi connectivity index (χ2v) is 4.28. The molecule has 0 heterocycles. The largest absolute Gasteiger partial charge is 0.370 e. The molecule has 5 N–H and O–H groups in total. The van der Waals surface area contributed by atoms with E-state index in [0.29, 0.717) is 18.8 Å². The maximum absolute atomic E-state index is 11.1. The van der Waals surface area contributed by atoms with Gasteiger partial charge in [-0.1, -0.05) is 20.8 Å². The van der Waals surface area contributed by atoms with Gasteiger partial charge in [0.1, 0.15) is 0 Å². The van der Waals surface area contributed by atoms with E-state index in [1.807, 2.05) is 20.8 Å². The molecule has 0 fully saturated rings. The highest BCUT2D eigenvalue weighted by Gasteiger charge is 1.98. The number of unbranched alkanes of at least 4 members (excludes halogenated alkanes) is 1. The van der Waals surface area contributed by atoms with E-state index >= 15 is 0 Å². The molecule has 0 spiro atoms. The third-order valence-corrected chi connectivity index (χ3v) is 2.51. The fourth-order valence-corrected chi connectivity index (χ4v) is 1.41. The van der Waals surface area contributed by atoms with Crippen molar-refractivity contribution in [3.8, 4) is 0 Å². The van der Waals surface area contributed by atoms with E-state index in [1.54, 1.807) is 11.8 Å². The summed E-state index contributed by atoms with van der Waals surface area (Å²) in [6.45, 7) is 7.36. The molecule has 17 heavy (non-hydrogen) atoms. The Morgan fingerprint density at radius 1 is 1.29 bits per heavy atom. The van der Waals surface area contributed by atoms with Gasteiger partial charge < -0.3 is 16.8 Å². The van der Waals surface area contributed by atoms with Crippen LogP contribution in [0.25, 0.3) is 0 Å². The van der Waals surface area contributed by atoms with E-state index in [9.17, 15) is 4.79 Å². The standard InChI is InChI=1S/C9H20N4OS.C2H6/c1-2-15-7-8(14)12-5-3-4-6-13-9(10)11;1-2/h2-7H2,1H3,(H,12,14)(H4,10,11,13);1-2H3. The number of amides is 1. The lowest BCUT2D eigenvalue weighted by molar-refractivity contribution is -0.118. The Balaban J connectivity index is 0. The Morgan fingerprint density at radius 2 is 1.94 bits per heavy atom. The second-order valence-electron chi connectivity index (χ2n) is 3.00. The molecule has 0 aromatic carbocycles. The number of hydrogen-bond acceptors (Lipinski definition) is 3. The van der Waals surface area contributed by atoms with Crippen molar-refractivity contribution in [3.63, 3.8) is 0 Å². The van der Waals surface area contributed by atoms with Crippen LogP contribution in [0.1, 0.15) is 33.6 Å². The van der Waals surface area contributed by atoms with Crippen LogP contribution in [0.2, 0.25) is 0 Å². The first-order chi connectivity index (χ1) is 8.16. The predicted octanol–water partition coefficient (Wildman–Crippen LogP) is 0.936. The summed E-state index contributed by atoms with van der Waals surface area (Å²) in [5, 5.41) is 2.83. The van der Waals surface area contributed by atoms with Crippen LogP contribution in [0, 0.1) is 0 Å². The smallest absolute Gasteiger partial charge is 0.229 e. The van der Waals surface area contributed by atoms with Gasteiger partial charge in [-0.25, -0.2) is 0 Å². The monoisotopic (exact) mass is 262 g/mol. The van der Waals surface area contributed by atoms with Crippen molar-refractivity contribution in [2.75, 3.05) is 24.6 Å². The Labute approximate surface area is 109 Å². The lowest BCUT2D eigenvalue weighted by Crippen LogP contribution is -2.26. The molecule has 0 unspecified atom stereocenters. The van der Waals surface area contributed by atoms with E-state index < -0.39 is 0 Å². The molecule has 0 radical (unpaired) electrons. The molecule has 0 aliphatic carbocycles. The number of nitrogens with zero attached hydrogens (tertiary/aromatic N) is 1. The molecule has 6 heteroatoms. The number of hydrogen-bond donors (Lipinski definition) is 3. The van der Waals surface area contributed by atoms with Gasteiger partial charge in [-0.3, -0.25) is 9.79 Å². The van der Waals surface area contributed by atoms with Crippen LogP contribution in [0.3, 0.4) is 0 Å². The number of nitrogens with one attached hydrogen (secondary N) is 1. The van der Waals surface area contributed by atoms with Crippen LogP contribution in [0.15, 0.2) is 4.99 Å². The van der Waals surface area contributed by atoms with Crippen molar-refractivity contribution < 1.29 is 4.79 Å². The molecule has 0 rings (SSSR count). The van der Waals surface area contributed by atoms with Crippen LogP contribution < -0.4 is 16.8 Å². The van der Waals surface area contributed by atoms with Crippen LogP contribution in [0.4, 0.5) is 0 Å². The van der Waals surface area contributed by atoms with Gasteiger partial charge in [0.25, 0.3) is 0 Å². The summed E-state index contributed by atoms with van der Waals surface area (Å²) in [4.78, 5) is 15.0. The van der Waals surface area contributed by atoms with Gasteiger partial charge in [0.2, 0.25) is 5.91 Å². The minimum absolute atomic E-state index is 0.101. The Hall–Kier alpha value is -0.910. The molecule has 0 saturated heterocycles. The molecule has 0 aromatic heterocycles. The first kappa shape index (κ1) is 18.5. The molecule has 0 aliphatic rings. The lowest BCUT2D eigenvalue weighted by Gasteiger charge is -2.03. The van der Waals surface area contributed by atoms with Gasteiger partial charge in [-0.05, 0) is 18.6 Å². The summed E-state index contributed by atoms with van der Waals surface area (Å²) >= 11 is 1.62. The average Bonchev–Trinajstić information content (AvgIpc) is 2.33. The summed E-state index contributed by atoms with van der Waals surface area (Å²) < 4.78 is 0. The van der Waals surface area contributed by atoms with E-state index in [0.717, 1.165) is 18.6 Å². The summed E-state index contributed by atoms with van der Waals surface area (Å²) in [6, 6.07) is 0. The van der Waals surface area contributed by atoms with Crippen molar-refractivity contribution in [1.82, 2.24) is 5.32 Å². The molecule has 0 bridgehead atoms. The highest BCUT2D eigenvalue weighted by Crippen LogP contribution is 1.96. The van der Waals surface area contributed by atoms with Gasteiger partial charge in [0.05, 0.1) is 5.75 Å². The Bertz CT molecular complexity index is 206. The van der Waals surface area contributed by atoms with Crippen LogP contribution in [-0.2, 0) is 4.79 Å². The van der Waals surface area contributed by atoms with Gasteiger partial charge in [0.15, 0.2) is 5.96 Å². The molecular weight excluding hydrogens is 236 g/mol. The number of rotatable bonds is 8. The van der Waals surface area contributed by atoms with Crippen molar-refractivity contribution in [3.05, 3.63) is 0 Å². The highest BCUT2D eigenvalue weighted by molar-refractivity contribution is 7.99. The fraction of sp³-hybridized carbons (Fsp3) is 0.818. The quantitative estimate of drug-likeness (QED) is 0.345. The van der Waals surface area contributed by atoms with Gasteiger partial charge in [-0.2, -0.15) is 11.8 Å². The number of carbonyl (C=O) groups excluding carboxylic acids is 1. The SMILES string of the molecule is CC.CCSCC(=O)NCCCCN=C(N)N. The first-order valence-electron chi connectivity index (χ1n) is 6.06. The zero-order valence-corrected chi connectivity index (χ0v) is 12.0. The molecule has 5 nitrogen and oxygen atoms in total. The maximum Gasteiger partial charge on any atom is 0.229 e. The highest BCUT2D eigenvalue weighted by atomic mass is 32.2. The number of carbonyl (C=O) groups is 1. The van der Waals surface area contributed by atoms with E-state index in [1.165, 1.54) is 0 Å². The zero-order chi connectivity index (χ0) is 13.5. The van der Waals surface area contributed by atoms with Crippen molar-refractivity contribution in [2.24, 2.45) is 16.5 Å². The minimum Gasteiger partial charge on any atom is -0.370 e. The van der Waals surface area contributed by atoms with E-state index in [4.69, 9.17) is 11.5 Å². The normalized spacial score (nSPS) is 8.88. The number of guanidine groups is 1. The van der Waals surface area contributed by atoms with Gasteiger partial charge in [-0.15, -0.1) is 0 Å². The maximum atomic E-state index is 11.1. The van der Waals surface area contributed by atoms with E-state index in [2.05, 4.69) is 10.3 Å². The van der Waals surface area contributed by atoms with E-state index in [-0.39, 0.29) is 11.9 Å². The molecule has 0 saturated carbocycles. The summed E-state index contributed by atoms with van der Waals surface area (Å²) in [5.74, 6) is 1.74. The molecular formula is C11H26N4OS. The molecule has 0 atom stereocenters. The lowest BCUT2D eigenvalue weighted by atomic mass is 10.3. The Morgan fingerprint density at radius 3 is 2.47 bits per heavy atom. The molecule has 0 aliphatic heterocycles. The fourth-order valence-electron chi connectivity index (χ4n) is 0.919. The molecule has 0 aromatic rings. The third kappa shape index (κ3) is 17.7. The minimum atomic E-state index is 0.101. The van der Waals surface area contributed by atoms with Crippen LogP contribution in [0.5, 0.6) is 0 Å². The summed E-state index contributed by atoms with van der Waals surface area (Å²) in [7, 11) is 0. The first-order valence-corrected chi connectivity index (χ1v) is 7.22. The van der Waals surface area contributed by atoms with Crippen molar-refractivity contribution in [1.29, 1.82) is 0 Å². The van der Waals surface area contributed by atoms with Crippen LogP contribution in [-0.4, -0.2) is 36.5 Å². The van der Waals surface area contributed by atoms with Crippen LogP contribution >= 0.6 is 11.8 Å².